The highest BCUT2D eigenvalue weighted by Gasteiger charge is 2.45. The molecule has 7 rings (SSSR count). The number of ether oxygens (including phenoxy) is 3. The molecular weight excluding hydrogens is 502 g/mol. The molecule has 3 aliphatic heterocycles. The summed E-state index contributed by atoms with van der Waals surface area (Å²) < 4.78 is 18.7. The second kappa shape index (κ2) is 8.77. The van der Waals surface area contributed by atoms with Crippen LogP contribution in [0.5, 0.6) is 11.5 Å². The Morgan fingerprint density at radius 2 is 1.95 bits per heavy atom. The first-order valence-electron chi connectivity index (χ1n) is 13.7. The van der Waals surface area contributed by atoms with E-state index in [9.17, 15) is 19.8 Å². The fourth-order valence-corrected chi connectivity index (χ4v) is 6.60. The largest absolute Gasteiger partial charge is 0.458 e. The molecule has 10 nitrogen and oxygen atoms in total. The fourth-order valence-electron chi connectivity index (χ4n) is 6.60. The molecule has 0 amide bonds. The van der Waals surface area contributed by atoms with E-state index in [1.807, 2.05) is 12.1 Å². The van der Waals surface area contributed by atoms with Crippen molar-refractivity contribution in [1.29, 1.82) is 0 Å². The minimum Gasteiger partial charge on any atom is -0.458 e. The number of carbonyl (C=O) groups is 1. The number of carbonyl (C=O) groups excluding carboxylic acids is 1. The second-order valence-electron chi connectivity index (χ2n) is 11.0. The van der Waals surface area contributed by atoms with E-state index in [0.717, 1.165) is 47.7 Å². The Labute approximate surface area is 224 Å². The number of hydrogen-bond donors (Lipinski definition) is 3. The minimum absolute atomic E-state index is 0.0355. The molecule has 1 saturated carbocycles. The van der Waals surface area contributed by atoms with Crippen molar-refractivity contribution >= 4 is 16.9 Å². The van der Waals surface area contributed by atoms with Crippen LogP contribution in [-0.4, -0.2) is 44.7 Å². The maximum atomic E-state index is 13.6. The molecule has 1 aliphatic carbocycles. The number of aliphatic hydroxyl groups excluding tert-OH is 1. The highest BCUT2D eigenvalue weighted by Crippen LogP contribution is 2.47. The summed E-state index contributed by atoms with van der Waals surface area (Å²) in [6.07, 6.45) is 3.25. The van der Waals surface area contributed by atoms with Crippen molar-refractivity contribution in [1.82, 2.24) is 14.9 Å². The highest BCUT2D eigenvalue weighted by atomic mass is 16.7. The Morgan fingerprint density at radius 1 is 1.15 bits per heavy atom. The monoisotopic (exact) mass is 533 g/mol. The molecule has 1 fully saturated rings. The van der Waals surface area contributed by atoms with Crippen LogP contribution < -0.4 is 20.3 Å². The summed E-state index contributed by atoms with van der Waals surface area (Å²) in [4.78, 5) is 31.3. The van der Waals surface area contributed by atoms with Gasteiger partial charge in [-0.3, -0.25) is 4.79 Å². The number of cyclic esters (lactones) is 1. The molecule has 0 saturated heterocycles. The van der Waals surface area contributed by atoms with E-state index in [-0.39, 0.29) is 55.2 Å². The van der Waals surface area contributed by atoms with Gasteiger partial charge in [0.05, 0.1) is 40.5 Å². The van der Waals surface area contributed by atoms with Gasteiger partial charge in [-0.25, -0.2) is 9.78 Å². The van der Waals surface area contributed by atoms with Crippen LogP contribution in [0.25, 0.3) is 22.3 Å². The van der Waals surface area contributed by atoms with Crippen LogP contribution in [0.2, 0.25) is 0 Å². The minimum atomic E-state index is -1.88. The van der Waals surface area contributed by atoms with Crippen LogP contribution in [0.4, 0.5) is 0 Å². The molecule has 2 aromatic heterocycles. The molecule has 4 aliphatic rings. The van der Waals surface area contributed by atoms with Gasteiger partial charge in [0.1, 0.15) is 18.1 Å². The SMILES string of the molecule is CC[C@@]1(O)C(=O)OCc2c1cc1n(c2=O)Cc2c-1nc1c(C(C)NC3CCC(O)CC3)ccc3c1c2OCO3. The number of fused-ring (bicyclic) bond motifs is 5. The van der Waals surface area contributed by atoms with Crippen molar-refractivity contribution in [3.63, 3.8) is 0 Å². The van der Waals surface area contributed by atoms with E-state index in [0.29, 0.717) is 28.9 Å². The van der Waals surface area contributed by atoms with Gasteiger partial charge in [-0.1, -0.05) is 13.0 Å². The summed E-state index contributed by atoms with van der Waals surface area (Å²) in [5.74, 6) is 0.578. The number of hydrogen-bond acceptors (Lipinski definition) is 9. The van der Waals surface area contributed by atoms with Crippen LogP contribution in [0, 0.1) is 0 Å². The van der Waals surface area contributed by atoms with Gasteiger partial charge < -0.3 is 34.3 Å². The van der Waals surface area contributed by atoms with Crippen molar-refractivity contribution in [2.24, 2.45) is 0 Å². The molecule has 1 aromatic carbocycles. The summed E-state index contributed by atoms with van der Waals surface area (Å²) in [5, 5.41) is 25.6. The zero-order valence-corrected chi connectivity index (χ0v) is 22.0. The first kappa shape index (κ1) is 24.6. The number of rotatable bonds is 4. The van der Waals surface area contributed by atoms with Crippen molar-refractivity contribution in [2.75, 3.05) is 6.79 Å². The lowest BCUT2D eigenvalue weighted by atomic mass is 9.86. The smallest absolute Gasteiger partial charge is 0.343 e. The first-order valence-corrected chi connectivity index (χ1v) is 13.7. The molecule has 39 heavy (non-hydrogen) atoms. The number of pyridine rings is 2. The Kier molecular flexibility index (Phi) is 5.52. The predicted octanol–water partition coefficient (Wildman–Crippen LogP) is 2.76. The highest BCUT2D eigenvalue weighted by molar-refractivity contribution is 5.98. The van der Waals surface area contributed by atoms with Gasteiger partial charge >= 0.3 is 5.97 Å². The maximum absolute atomic E-state index is 13.6. The average Bonchev–Trinajstić information content (AvgIpc) is 3.32. The Hall–Kier alpha value is -3.47. The summed E-state index contributed by atoms with van der Waals surface area (Å²) in [6, 6.07) is 5.94. The van der Waals surface area contributed by atoms with Crippen molar-refractivity contribution in [3.8, 4) is 22.9 Å². The second-order valence-corrected chi connectivity index (χ2v) is 11.0. The number of benzene rings is 1. The number of nitrogens with one attached hydrogen (secondary N) is 1. The van der Waals surface area contributed by atoms with Gasteiger partial charge in [-0.05, 0) is 56.7 Å². The average molecular weight is 534 g/mol. The Morgan fingerprint density at radius 3 is 2.72 bits per heavy atom. The normalized spacial score (nSPS) is 25.7. The third kappa shape index (κ3) is 3.54. The molecule has 0 spiro atoms. The molecule has 1 unspecified atom stereocenters. The van der Waals surface area contributed by atoms with Gasteiger partial charge in [0.25, 0.3) is 5.56 Å². The molecule has 0 bridgehead atoms. The third-order valence-corrected chi connectivity index (χ3v) is 8.85. The zero-order valence-electron chi connectivity index (χ0n) is 22.0. The lowest BCUT2D eigenvalue weighted by molar-refractivity contribution is -0.172. The van der Waals surface area contributed by atoms with Crippen molar-refractivity contribution in [3.05, 3.63) is 50.8 Å². The van der Waals surface area contributed by atoms with E-state index in [1.165, 1.54) is 0 Å². The predicted molar refractivity (Wildman–Crippen MR) is 140 cm³/mol. The number of aromatic nitrogens is 2. The van der Waals surface area contributed by atoms with Gasteiger partial charge in [-0.2, -0.15) is 0 Å². The molecular formula is C29H31N3O7. The summed E-state index contributed by atoms with van der Waals surface area (Å²) in [5.41, 5.74) is 2.00. The van der Waals surface area contributed by atoms with E-state index < -0.39 is 11.6 Å². The van der Waals surface area contributed by atoms with Crippen LogP contribution in [-0.2, 0) is 28.3 Å². The van der Waals surface area contributed by atoms with E-state index in [4.69, 9.17) is 19.2 Å². The summed E-state index contributed by atoms with van der Waals surface area (Å²) >= 11 is 0. The van der Waals surface area contributed by atoms with Crippen LogP contribution in [0.1, 0.15) is 74.2 Å². The van der Waals surface area contributed by atoms with E-state index >= 15 is 0 Å². The number of esters is 1. The molecule has 204 valence electrons. The summed E-state index contributed by atoms with van der Waals surface area (Å²) in [6.45, 7) is 3.93. The van der Waals surface area contributed by atoms with E-state index in [2.05, 4.69) is 12.2 Å². The number of nitrogens with zero attached hydrogens (tertiary/aromatic N) is 2. The topological polar surface area (TPSA) is 132 Å². The molecule has 3 aromatic rings. The van der Waals surface area contributed by atoms with Crippen LogP contribution >= 0.6 is 0 Å². The molecule has 10 heteroatoms. The standard InChI is InChI=1S/C29H31N3O7/c1-3-29(36)20-10-21-24-18(11-32(21)27(34)19(20)12-37-28(29)35)26-23-22(38-13-39-26)9-8-17(25(23)31-24)14(2)30-15-4-6-16(33)7-5-15/h8-10,14-16,30,33,36H,3-7,11-13H2,1-2H3/t14?,15?,16?,29-/m0/s1. The first-order chi connectivity index (χ1) is 18.8. The van der Waals surface area contributed by atoms with Crippen LogP contribution in [0.15, 0.2) is 23.0 Å². The molecule has 5 heterocycles. The zero-order chi connectivity index (χ0) is 27.1. The Balaban J connectivity index is 1.39. The van der Waals surface area contributed by atoms with Crippen LogP contribution in [0.3, 0.4) is 0 Å². The lowest BCUT2D eigenvalue weighted by Gasteiger charge is -2.31. The molecule has 2 atom stereocenters. The maximum Gasteiger partial charge on any atom is 0.343 e. The lowest BCUT2D eigenvalue weighted by Crippen LogP contribution is -2.44. The molecule has 0 radical (unpaired) electrons. The fraction of sp³-hybridized carbons (Fsp3) is 0.483. The molecule has 3 N–H and O–H groups in total. The van der Waals surface area contributed by atoms with Gasteiger partial charge in [0, 0.05) is 23.2 Å². The number of aliphatic hydroxyl groups is 2. The van der Waals surface area contributed by atoms with Gasteiger partial charge in [0.2, 0.25) is 6.79 Å². The van der Waals surface area contributed by atoms with Crippen molar-refractivity contribution < 1.29 is 29.2 Å². The van der Waals surface area contributed by atoms with Gasteiger partial charge in [-0.15, -0.1) is 0 Å². The quantitative estimate of drug-likeness (QED) is 0.339. The van der Waals surface area contributed by atoms with Crippen molar-refractivity contribution in [2.45, 2.75) is 82.9 Å². The summed E-state index contributed by atoms with van der Waals surface area (Å²) in [7, 11) is 0. The Bertz CT molecular complexity index is 1590. The van der Waals surface area contributed by atoms with E-state index in [1.54, 1.807) is 17.6 Å². The third-order valence-electron chi connectivity index (χ3n) is 8.85. The van der Waals surface area contributed by atoms with Gasteiger partial charge in [0.15, 0.2) is 5.60 Å².